The number of amidine groups is 2. The summed E-state index contributed by atoms with van der Waals surface area (Å²) in [6.45, 7) is 18.7. The number of H-pyrrole nitrogens is 2. The van der Waals surface area contributed by atoms with Crippen LogP contribution >= 0.6 is 94.1 Å². The molecule has 144 heavy (non-hydrogen) atoms. The van der Waals surface area contributed by atoms with Crippen LogP contribution in [0, 0.1) is 0 Å². The third kappa shape index (κ3) is 50.7. The Labute approximate surface area is 918 Å². The minimum absolute atomic E-state index is 0.543. The number of unbranched alkanes of at least 4 members (excludes halogenated alkanes) is 72. The number of nitrogens with zero attached hydrogens (tertiary/aromatic N) is 6. The quantitative estimate of drug-likeness (QED) is 0.0287. The fourth-order valence-corrected chi connectivity index (χ4v) is 30.4. The van der Waals surface area contributed by atoms with Crippen LogP contribution < -0.4 is 22.0 Å². The molecule has 3 aliphatic rings. The molecule has 8 bridgehead atoms. The normalized spacial score (nSPS) is 14.4. The van der Waals surface area contributed by atoms with Crippen molar-refractivity contribution in [3.05, 3.63) is 92.7 Å². The standard InChI is InChI=1S/C128H212N8S8/c1-9-17-25-33-41-49-57-65-73-81-89-137-113-97-105-106(98-114(113)138-90-82-74-66-58-50-42-34-26-18-10-2)122-129-121(105)133-123-107-99-115(139-91-83-75-67-59-51-43-35-27-19-11-3)116(140-92-84-76-68-60-52-44-36-28-20-12-4)100-108(107)125(130-123)135-127-111-103-119(143-95-87-79-71-63-55-47-39-31-23-15-7)120(144-96-88-80-72-64-56-48-40-32-24-16-8)104-112(111)128(132-127)136-126-110-102-118(142-94-86-78-70-62-54-46-38-30-22-14-6)117(101-109(110)124(131-126)134-122)141-93-85-77-69-61-53-45-37-29-21-13-5/h97-104,121,128H,9-96H2,1-8H3,(H,129,131,134,136)(H,130,132,133,135). The number of benzene rings is 4. The first-order valence-electron chi connectivity index (χ1n) is 62.1. The number of thioether (sulfide) groups is 8. The number of fused-ring (bicyclic) bond motifs is 18. The molecule has 16 heteroatoms. The number of aromatic nitrogens is 2. The minimum Gasteiger partial charge on any atom is -0.324 e. The number of nitrogens with one attached hydrogen (secondary N) is 2. The van der Waals surface area contributed by atoms with Crippen LogP contribution in [0.25, 0.3) is 21.5 Å². The third-order valence-electron chi connectivity index (χ3n) is 30.4. The summed E-state index contributed by atoms with van der Waals surface area (Å²) in [5.41, 5.74) is 7.94. The molecule has 2 atom stereocenters. The van der Waals surface area contributed by atoms with Gasteiger partial charge in [-0.2, -0.15) is 0 Å². The van der Waals surface area contributed by atoms with Crippen LogP contribution in [0.1, 0.15) is 604 Å². The highest BCUT2D eigenvalue weighted by Crippen LogP contribution is 2.46. The van der Waals surface area contributed by atoms with E-state index in [0.717, 1.165) is 123 Å². The number of hydrogen-bond acceptors (Lipinski definition) is 14. The van der Waals surface area contributed by atoms with Gasteiger partial charge in [0.15, 0.2) is 24.0 Å². The van der Waals surface area contributed by atoms with Gasteiger partial charge in [-0.15, -0.1) is 94.1 Å². The smallest absolute Gasteiger partial charge is 0.170 e. The van der Waals surface area contributed by atoms with Gasteiger partial charge < -0.3 is 9.97 Å². The molecular formula is C128H212N8S8. The van der Waals surface area contributed by atoms with Gasteiger partial charge in [-0.3, -0.25) is 0 Å². The van der Waals surface area contributed by atoms with Crippen LogP contribution in [0.15, 0.2) is 118 Å². The third-order valence-corrected chi connectivity index (χ3v) is 40.1. The fraction of sp³-hybridized carbons (Fsp3) is 0.766. The first kappa shape index (κ1) is 125. The van der Waals surface area contributed by atoms with E-state index in [1.54, 1.807) is 0 Å². The molecule has 0 saturated carbocycles. The van der Waals surface area contributed by atoms with Crippen molar-refractivity contribution in [2.45, 2.75) is 621 Å². The maximum Gasteiger partial charge on any atom is 0.170 e. The monoisotopic (exact) mass is 2120 g/mol. The van der Waals surface area contributed by atoms with E-state index in [2.05, 4.69) is 208 Å². The van der Waals surface area contributed by atoms with Crippen molar-refractivity contribution >= 4 is 127 Å². The summed E-state index contributed by atoms with van der Waals surface area (Å²) in [4.78, 5) is 55.8. The molecule has 812 valence electrons. The lowest BCUT2D eigenvalue weighted by atomic mass is 10.1. The Bertz CT molecular complexity index is 4340. The van der Waals surface area contributed by atoms with E-state index >= 15 is 0 Å². The van der Waals surface area contributed by atoms with Crippen LogP contribution in [0.3, 0.4) is 0 Å². The summed E-state index contributed by atoms with van der Waals surface area (Å²) < 4.78 is 0. The average molecular weight is 2120 g/mol. The summed E-state index contributed by atoms with van der Waals surface area (Å²) in [7, 11) is 0. The highest BCUT2D eigenvalue weighted by Gasteiger charge is 2.32. The van der Waals surface area contributed by atoms with Crippen LogP contribution in [0.5, 0.6) is 0 Å². The lowest BCUT2D eigenvalue weighted by Gasteiger charge is -2.14. The molecular weight excluding hydrogens is 1910 g/mol. The van der Waals surface area contributed by atoms with E-state index < -0.39 is 12.3 Å². The molecule has 2 aromatic heterocycles. The Morgan fingerprint density at radius 1 is 0.167 bits per heavy atom. The van der Waals surface area contributed by atoms with Crippen LogP contribution in [-0.2, 0) is 0 Å². The first-order chi connectivity index (χ1) is 71.3. The molecule has 5 heterocycles. The van der Waals surface area contributed by atoms with E-state index in [4.69, 9.17) is 30.0 Å². The summed E-state index contributed by atoms with van der Waals surface area (Å²) in [5.74, 6) is 10.4. The molecule has 8 nitrogen and oxygen atoms in total. The Morgan fingerprint density at radius 2 is 0.312 bits per heavy atom. The molecule has 4 aromatic carbocycles. The number of aliphatic imine (C=N–C) groups is 2. The van der Waals surface area contributed by atoms with E-state index in [0.29, 0.717) is 0 Å². The van der Waals surface area contributed by atoms with Gasteiger partial charge in [0.2, 0.25) is 0 Å². The van der Waals surface area contributed by atoms with E-state index in [-0.39, 0.29) is 0 Å². The highest BCUT2D eigenvalue weighted by molar-refractivity contribution is 8.03. The molecule has 0 spiro atoms. The molecule has 3 aliphatic heterocycles. The summed E-state index contributed by atoms with van der Waals surface area (Å²) in [6, 6.07) is 20.4. The predicted molar refractivity (Wildman–Crippen MR) is 653 cm³/mol. The van der Waals surface area contributed by atoms with Gasteiger partial charge in [-0.05, 0) is 146 Å². The predicted octanol–water partition coefficient (Wildman–Crippen LogP) is 43.9. The molecule has 0 aliphatic carbocycles. The van der Waals surface area contributed by atoms with E-state index in [1.807, 2.05) is 0 Å². The van der Waals surface area contributed by atoms with Gasteiger partial charge >= 0.3 is 0 Å². The van der Waals surface area contributed by atoms with Gasteiger partial charge in [-0.1, -0.05) is 518 Å². The molecule has 0 radical (unpaired) electrons. The van der Waals surface area contributed by atoms with Crippen LogP contribution in [0.2, 0.25) is 0 Å². The van der Waals surface area contributed by atoms with Crippen molar-refractivity contribution in [2.75, 3.05) is 46.0 Å². The second kappa shape index (κ2) is 82.8. The number of aromatic amines is 2. The average Bonchev–Trinajstić information content (AvgIpc) is 1.59. The topological polar surface area (TPSA) is 106 Å². The second-order valence-corrected chi connectivity index (χ2v) is 52.6. The zero-order valence-corrected chi connectivity index (χ0v) is 100. The zero-order chi connectivity index (χ0) is 101. The van der Waals surface area contributed by atoms with Gasteiger partial charge in [0, 0.05) is 83.0 Å². The van der Waals surface area contributed by atoms with Gasteiger partial charge in [0.05, 0.1) is 0 Å². The SMILES string of the molecule is CCCCCCCCCCCCSc1cc2c(cc1SCCCCCCCCCCCC)C1N=C2N=c2[nH]/c(c3cc(SCCCCCCCCCCCC)c(SCCCCCCCCCCCC)cc23)=N\C2N=C(N=c3[nH]/c(c4cc(SCCCCCCCCCCCC)c(SCCCCCCCCCCCC)cc34)=N\1)c1cc(SCCCCCCCCCCCC)c(SCCCCCCCCCCCC)cc12. The van der Waals surface area contributed by atoms with Gasteiger partial charge in [0.1, 0.15) is 22.0 Å². The molecule has 0 amide bonds. The first-order valence-corrected chi connectivity index (χ1v) is 70.0. The fourth-order valence-electron chi connectivity index (χ4n) is 21.2. The number of rotatable bonds is 96. The molecule has 6 aromatic rings. The molecule has 2 unspecified atom stereocenters. The van der Waals surface area contributed by atoms with Crippen molar-refractivity contribution in [1.29, 1.82) is 0 Å². The summed E-state index contributed by atoms with van der Waals surface area (Å²) in [5, 5.41) is 4.50. The molecule has 0 fully saturated rings. The molecule has 0 saturated heterocycles. The summed E-state index contributed by atoms with van der Waals surface area (Å²) in [6.07, 6.45) is 107. The number of hydrogen-bond donors (Lipinski definition) is 2. The van der Waals surface area contributed by atoms with Crippen molar-refractivity contribution in [3.8, 4) is 0 Å². The lowest BCUT2D eigenvalue weighted by molar-refractivity contribution is 0.563. The second-order valence-electron chi connectivity index (χ2n) is 43.5. The van der Waals surface area contributed by atoms with Gasteiger partial charge in [0.25, 0.3) is 0 Å². The van der Waals surface area contributed by atoms with Crippen molar-refractivity contribution in [3.63, 3.8) is 0 Å². The maximum absolute atomic E-state index is 6.14. The van der Waals surface area contributed by atoms with Crippen molar-refractivity contribution in [1.82, 2.24) is 9.97 Å². The van der Waals surface area contributed by atoms with E-state index in [1.165, 1.54) is 553 Å². The Morgan fingerprint density at radius 3 is 0.486 bits per heavy atom. The molecule has 9 rings (SSSR count). The Balaban J connectivity index is 1.23. The zero-order valence-electron chi connectivity index (χ0n) is 93.9. The van der Waals surface area contributed by atoms with E-state index in [9.17, 15) is 0 Å². The summed E-state index contributed by atoms with van der Waals surface area (Å²) >= 11 is 16.8. The largest absolute Gasteiger partial charge is 0.324 e. The van der Waals surface area contributed by atoms with Crippen LogP contribution in [0.4, 0.5) is 0 Å². The Hall–Kier alpha value is -2.70. The van der Waals surface area contributed by atoms with Crippen molar-refractivity contribution < 1.29 is 0 Å². The lowest BCUT2D eigenvalue weighted by Crippen LogP contribution is -2.14. The Kier molecular flexibility index (Phi) is 71.8. The van der Waals surface area contributed by atoms with Crippen LogP contribution in [-0.4, -0.2) is 67.7 Å². The van der Waals surface area contributed by atoms with Crippen molar-refractivity contribution in [2.24, 2.45) is 30.0 Å². The minimum atomic E-state index is -0.543. The van der Waals surface area contributed by atoms with Gasteiger partial charge in [-0.25, -0.2) is 30.0 Å². The highest BCUT2D eigenvalue weighted by atomic mass is 32.2. The molecule has 2 N–H and O–H groups in total. The maximum atomic E-state index is 6.14.